The standard InChI is InChI=1S/C11H18N2O4S/c1-3-4-12(5-6-14)11-9(13(16)17)7-10(18-11)8(2)15/h7-8,14-15H,3-6H2,1-2H3/t8-/m1/s1. The lowest BCUT2D eigenvalue weighted by Crippen LogP contribution is -2.27. The Hall–Kier alpha value is -1.18. The Morgan fingerprint density at radius 1 is 1.56 bits per heavy atom. The van der Waals surface area contributed by atoms with Crippen molar-refractivity contribution in [2.24, 2.45) is 0 Å². The molecule has 0 amide bonds. The average Bonchev–Trinajstić information content (AvgIpc) is 2.73. The molecule has 0 saturated carbocycles. The van der Waals surface area contributed by atoms with Crippen molar-refractivity contribution in [1.82, 2.24) is 0 Å². The molecule has 1 atom stereocenters. The monoisotopic (exact) mass is 274 g/mol. The fourth-order valence-electron chi connectivity index (χ4n) is 1.66. The van der Waals surface area contributed by atoms with Gasteiger partial charge in [0.15, 0.2) is 5.00 Å². The second-order valence-electron chi connectivity index (χ2n) is 3.98. The van der Waals surface area contributed by atoms with E-state index in [0.717, 1.165) is 6.42 Å². The van der Waals surface area contributed by atoms with E-state index in [1.54, 1.807) is 11.8 Å². The second kappa shape index (κ2) is 6.67. The Balaban J connectivity index is 3.13. The molecule has 0 aliphatic rings. The zero-order chi connectivity index (χ0) is 13.7. The molecule has 0 aliphatic heterocycles. The van der Waals surface area contributed by atoms with Crippen LogP contribution < -0.4 is 4.90 Å². The molecule has 0 unspecified atom stereocenters. The molecule has 0 saturated heterocycles. The molecule has 6 nitrogen and oxygen atoms in total. The summed E-state index contributed by atoms with van der Waals surface area (Å²) < 4.78 is 0. The summed E-state index contributed by atoms with van der Waals surface area (Å²) in [6, 6.07) is 1.41. The van der Waals surface area contributed by atoms with Crippen LogP contribution in [0.2, 0.25) is 0 Å². The van der Waals surface area contributed by atoms with Crippen LogP contribution in [-0.4, -0.2) is 34.8 Å². The van der Waals surface area contributed by atoms with Gasteiger partial charge in [0.1, 0.15) is 0 Å². The van der Waals surface area contributed by atoms with E-state index in [9.17, 15) is 15.2 Å². The molecule has 102 valence electrons. The Morgan fingerprint density at radius 2 is 2.22 bits per heavy atom. The number of aliphatic hydroxyl groups is 2. The van der Waals surface area contributed by atoms with E-state index in [-0.39, 0.29) is 12.3 Å². The van der Waals surface area contributed by atoms with E-state index >= 15 is 0 Å². The Labute approximate surface area is 110 Å². The molecule has 0 aromatic carbocycles. The van der Waals surface area contributed by atoms with Gasteiger partial charge >= 0.3 is 5.69 Å². The van der Waals surface area contributed by atoms with Crippen LogP contribution in [0, 0.1) is 10.1 Å². The lowest BCUT2D eigenvalue weighted by atomic mass is 10.3. The lowest BCUT2D eigenvalue weighted by Gasteiger charge is -2.20. The van der Waals surface area contributed by atoms with E-state index in [2.05, 4.69) is 0 Å². The zero-order valence-electron chi connectivity index (χ0n) is 10.5. The van der Waals surface area contributed by atoms with E-state index < -0.39 is 11.0 Å². The molecule has 0 aliphatic carbocycles. The molecule has 0 fully saturated rings. The largest absolute Gasteiger partial charge is 0.395 e. The minimum absolute atomic E-state index is 0.00204. The van der Waals surface area contributed by atoms with Gasteiger partial charge in [-0.25, -0.2) is 0 Å². The number of thiophene rings is 1. The SMILES string of the molecule is CCCN(CCO)c1sc([C@@H](C)O)cc1[N+](=O)[O-]. The molecule has 1 rings (SSSR count). The number of rotatable bonds is 7. The number of nitrogens with zero attached hydrogens (tertiary/aromatic N) is 2. The summed E-state index contributed by atoms with van der Waals surface area (Å²) >= 11 is 1.21. The third-order valence-electron chi connectivity index (χ3n) is 2.47. The van der Waals surface area contributed by atoms with Crippen molar-refractivity contribution in [2.45, 2.75) is 26.4 Å². The van der Waals surface area contributed by atoms with Crippen molar-refractivity contribution in [3.8, 4) is 0 Å². The summed E-state index contributed by atoms with van der Waals surface area (Å²) in [5, 5.41) is 30.0. The predicted molar refractivity (Wildman–Crippen MR) is 71.2 cm³/mol. The van der Waals surface area contributed by atoms with Crippen molar-refractivity contribution in [3.05, 3.63) is 21.1 Å². The van der Waals surface area contributed by atoms with E-state index in [1.807, 2.05) is 6.92 Å². The number of aliphatic hydroxyl groups excluding tert-OH is 2. The zero-order valence-corrected chi connectivity index (χ0v) is 11.3. The average molecular weight is 274 g/mol. The first-order valence-corrected chi connectivity index (χ1v) is 6.64. The molecular formula is C11H18N2O4S. The van der Waals surface area contributed by atoms with Gasteiger partial charge in [0.2, 0.25) is 0 Å². The van der Waals surface area contributed by atoms with Gasteiger partial charge in [0.25, 0.3) is 0 Å². The van der Waals surface area contributed by atoms with Crippen LogP contribution >= 0.6 is 11.3 Å². The smallest absolute Gasteiger partial charge is 0.304 e. The van der Waals surface area contributed by atoms with Crippen LogP contribution in [0.15, 0.2) is 6.07 Å². The van der Waals surface area contributed by atoms with Gasteiger partial charge in [0, 0.05) is 24.0 Å². The number of hydrogen-bond donors (Lipinski definition) is 2. The summed E-state index contributed by atoms with van der Waals surface area (Å²) in [5.41, 5.74) is -0.00204. The summed E-state index contributed by atoms with van der Waals surface area (Å²) in [7, 11) is 0. The third kappa shape index (κ3) is 3.41. The van der Waals surface area contributed by atoms with Gasteiger partial charge in [-0.2, -0.15) is 0 Å². The van der Waals surface area contributed by atoms with E-state index in [0.29, 0.717) is 23.0 Å². The molecule has 1 heterocycles. The maximum atomic E-state index is 11.0. The van der Waals surface area contributed by atoms with Crippen LogP contribution in [0.3, 0.4) is 0 Å². The third-order valence-corrected chi connectivity index (χ3v) is 3.83. The quantitative estimate of drug-likeness (QED) is 0.586. The number of nitro groups is 1. The molecule has 1 aromatic heterocycles. The van der Waals surface area contributed by atoms with Crippen molar-refractivity contribution in [3.63, 3.8) is 0 Å². The van der Waals surface area contributed by atoms with Gasteiger partial charge in [0.05, 0.1) is 17.6 Å². The second-order valence-corrected chi connectivity index (χ2v) is 5.05. The van der Waals surface area contributed by atoms with Gasteiger partial charge < -0.3 is 15.1 Å². The topological polar surface area (TPSA) is 86.8 Å². The molecule has 0 bridgehead atoms. The summed E-state index contributed by atoms with van der Waals surface area (Å²) in [6.07, 6.45) is 0.110. The minimum atomic E-state index is -0.722. The fraction of sp³-hybridized carbons (Fsp3) is 0.636. The van der Waals surface area contributed by atoms with E-state index in [1.165, 1.54) is 17.4 Å². The highest BCUT2D eigenvalue weighted by Crippen LogP contribution is 2.40. The highest BCUT2D eigenvalue weighted by molar-refractivity contribution is 7.16. The molecule has 7 heteroatoms. The first-order valence-electron chi connectivity index (χ1n) is 5.83. The van der Waals surface area contributed by atoms with Crippen molar-refractivity contribution >= 4 is 22.0 Å². The molecule has 0 radical (unpaired) electrons. The van der Waals surface area contributed by atoms with Crippen LogP contribution in [-0.2, 0) is 0 Å². The van der Waals surface area contributed by atoms with Crippen LogP contribution in [0.25, 0.3) is 0 Å². The minimum Gasteiger partial charge on any atom is -0.395 e. The molecule has 0 spiro atoms. The molecule has 1 aromatic rings. The van der Waals surface area contributed by atoms with Crippen LogP contribution in [0.4, 0.5) is 10.7 Å². The summed E-state index contributed by atoms with van der Waals surface area (Å²) in [4.78, 5) is 12.9. The highest BCUT2D eigenvalue weighted by Gasteiger charge is 2.24. The van der Waals surface area contributed by atoms with Crippen molar-refractivity contribution in [1.29, 1.82) is 0 Å². The fourth-order valence-corrected chi connectivity index (χ4v) is 2.77. The lowest BCUT2D eigenvalue weighted by molar-refractivity contribution is -0.383. The molecule has 2 N–H and O–H groups in total. The van der Waals surface area contributed by atoms with Crippen LogP contribution in [0.5, 0.6) is 0 Å². The van der Waals surface area contributed by atoms with Crippen molar-refractivity contribution < 1.29 is 15.1 Å². The molecule has 18 heavy (non-hydrogen) atoms. The maximum Gasteiger partial charge on any atom is 0.304 e. The Morgan fingerprint density at radius 3 is 2.67 bits per heavy atom. The van der Waals surface area contributed by atoms with Gasteiger partial charge in [-0.3, -0.25) is 10.1 Å². The number of hydrogen-bond acceptors (Lipinski definition) is 6. The maximum absolute atomic E-state index is 11.0. The Bertz CT molecular complexity index is 400. The predicted octanol–water partition coefficient (Wildman–Crippen LogP) is 1.92. The number of anilines is 1. The Kier molecular flexibility index (Phi) is 5.52. The molecular weight excluding hydrogens is 256 g/mol. The first kappa shape index (κ1) is 14.9. The van der Waals surface area contributed by atoms with E-state index in [4.69, 9.17) is 5.11 Å². The van der Waals surface area contributed by atoms with Crippen LogP contribution in [0.1, 0.15) is 31.2 Å². The van der Waals surface area contributed by atoms with Gasteiger partial charge in [-0.15, -0.1) is 11.3 Å². The van der Waals surface area contributed by atoms with Gasteiger partial charge in [-0.1, -0.05) is 6.92 Å². The highest BCUT2D eigenvalue weighted by atomic mass is 32.1. The van der Waals surface area contributed by atoms with Gasteiger partial charge in [-0.05, 0) is 13.3 Å². The van der Waals surface area contributed by atoms with Crippen molar-refractivity contribution in [2.75, 3.05) is 24.6 Å². The first-order chi connectivity index (χ1) is 8.51. The normalized spacial score (nSPS) is 12.4. The summed E-state index contributed by atoms with van der Waals surface area (Å²) in [6.45, 7) is 4.49. The summed E-state index contributed by atoms with van der Waals surface area (Å²) in [5.74, 6) is 0.